The van der Waals surface area contributed by atoms with Crippen molar-refractivity contribution in [3.63, 3.8) is 0 Å². The quantitative estimate of drug-likeness (QED) is 0.441. The predicted molar refractivity (Wildman–Crippen MR) is 147 cm³/mol. The van der Waals surface area contributed by atoms with Crippen molar-refractivity contribution >= 4 is 49.2 Å². The number of carbonyl (C=O) groups is 3. The molecule has 2 fully saturated rings. The van der Waals surface area contributed by atoms with E-state index in [9.17, 15) is 22.8 Å². The van der Waals surface area contributed by atoms with Gasteiger partial charge >= 0.3 is 6.09 Å². The lowest BCUT2D eigenvalue weighted by Crippen LogP contribution is -2.53. The lowest BCUT2D eigenvalue weighted by molar-refractivity contribution is -0.138. The van der Waals surface area contributed by atoms with Crippen LogP contribution in [0.4, 0.5) is 4.79 Å². The smallest absolute Gasteiger partial charge is 0.399 e. The van der Waals surface area contributed by atoms with Crippen molar-refractivity contribution in [3.8, 4) is 5.06 Å². The maximum Gasteiger partial charge on any atom is 0.414 e. The molecule has 5 rings (SSSR count). The van der Waals surface area contributed by atoms with Crippen molar-refractivity contribution in [2.24, 2.45) is 5.92 Å². The molecule has 12 heteroatoms. The van der Waals surface area contributed by atoms with Crippen LogP contribution in [0.1, 0.15) is 32.3 Å². The number of aromatic nitrogens is 1. The van der Waals surface area contributed by atoms with Gasteiger partial charge in [0, 0.05) is 29.7 Å². The van der Waals surface area contributed by atoms with E-state index in [2.05, 4.69) is 10.3 Å². The van der Waals surface area contributed by atoms with Gasteiger partial charge in [-0.05, 0) is 41.8 Å². The Bertz CT molecular complexity index is 1460. The molecule has 2 aliphatic rings. The van der Waals surface area contributed by atoms with E-state index in [0.29, 0.717) is 23.5 Å². The van der Waals surface area contributed by atoms with Crippen LogP contribution in [0, 0.1) is 5.92 Å². The molecule has 3 unspecified atom stereocenters. The molecule has 10 nitrogen and oxygen atoms in total. The van der Waals surface area contributed by atoms with E-state index in [1.54, 1.807) is 24.4 Å². The minimum Gasteiger partial charge on any atom is -0.399 e. The van der Waals surface area contributed by atoms with Crippen molar-refractivity contribution < 1.29 is 27.5 Å². The third-order valence-electron chi connectivity index (χ3n) is 6.98. The number of benzene rings is 1. The second-order valence-electron chi connectivity index (χ2n) is 10.3. The fraction of sp³-hybridized carbons (Fsp3) is 0.407. The first kappa shape index (κ1) is 27.2. The van der Waals surface area contributed by atoms with E-state index >= 15 is 0 Å². The number of Topliss-reactive ketones (excluding diaryl/α,β-unsaturated/α-hetero) is 1. The van der Waals surface area contributed by atoms with Gasteiger partial charge in [0.05, 0.1) is 18.3 Å². The number of carbonyl (C=O) groups excluding carboxylic acids is 3. The Hall–Kier alpha value is -3.35. The van der Waals surface area contributed by atoms with E-state index in [4.69, 9.17) is 4.74 Å². The molecule has 2 saturated heterocycles. The van der Waals surface area contributed by atoms with Crippen LogP contribution in [-0.2, 0) is 25.4 Å². The van der Waals surface area contributed by atoms with E-state index in [0.717, 1.165) is 10.1 Å². The number of amides is 2. The molecule has 206 valence electrons. The number of hydrogen-bond donors (Lipinski definition) is 1. The Morgan fingerprint density at radius 1 is 1.21 bits per heavy atom. The van der Waals surface area contributed by atoms with Crippen LogP contribution in [0.25, 0.3) is 10.1 Å². The summed E-state index contributed by atoms with van der Waals surface area (Å²) in [6.45, 7) is 3.80. The molecule has 1 aromatic carbocycles. The zero-order chi connectivity index (χ0) is 27.7. The topological polar surface area (TPSA) is 126 Å². The molecule has 39 heavy (non-hydrogen) atoms. The highest BCUT2D eigenvalue weighted by molar-refractivity contribution is 7.88. The number of sulfonamides is 1. The van der Waals surface area contributed by atoms with Gasteiger partial charge in [-0.25, -0.2) is 13.2 Å². The molecule has 4 heterocycles. The summed E-state index contributed by atoms with van der Waals surface area (Å²) in [7, 11) is -3.81. The Labute approximate surface area is 231 Å². The van der Waals surface area contributed by atoms with Crippen LogP contribution in [0.3, 0.4) is 0 Å². The summed E-state index contributed by atoms with van der Waals surface area (Å²) < 4.78 is 34.1. The highest BCUT2D eigenvalue weighted by atomic mass is 32.2. The summed E-state index contributed by atoms with van der Waals surface area (Å²) in [6, 6.07) is 10.3. The highest BCUT2D eigenvalue weighted by Gasteiger charge is 2.54. The Morgan fingerprint density at radius 3 is 2.72 bits per heavy atom. The lowest BCUT2D eigenvalue weighted by Gasteiger charge is -2.28. The second kappa shape index (κ2) is 11.0. The predicted octanol–water partition coefficient (Wildman–Crippen LogP) is 3.18. The van der Waals surface area contributed by atoms with Gasteiger partial charge in [0.1, 0.15) is 12.1 Å². The molecular formula is C27H30N4O6S2. The fourth-order valence-corrected chi connectivity index (χ4v) is 7.95. The van der Waals surface area contributed by atoms with Crippen molar-refractivity contribution in [2.45, 2.75) is 50.6 Å². The Balaban J connectivity index is 1.29. The third-order valence-corrected chi connectivity index (χ3v) is 9.79. The summed E-state index contributed by atoms with van der Waals surface area (Å²) in [5.41, 5.74) is 0.526. The van der Waals surface area contributed by atoms with Crippen LogP contribution < -0.4 is 10.1 Å². The number of ketones is 1. The molecule has 0 spiro atoms. The van der Waals surface area contributed by atoms with Crippen LogP contribution in [-0.4, -0.2) is 71.6 Å². The van der Waals surface area contributed by atoms with Gasteiger partial charge in [0.15, 0.2) is 10.8 Å². The maximum absolute atomic E-state index is 13.7. The van der Waals surface area contributed by atoms with E-state index in [1.165, 1.54) is 26.7 Å². The monoisotopic (exact) mass is 570 g/mol. The minimum absolute atomic E-state index is 0.0672. The molecule has 0 saturated carbocycles. The zero-order valence-corrected chi connectivity index (χ0v) is 23.3. The first-order chi connectivity index (χ1) is 18.6. The van der Waals surface area contributed by atoms with Gasteiger partial charge in [-0.2, -0.15) is 4.31 Å². The number of rotatable bonds is 8. The summed E-state index contributed by atoms with van der Waals surface area (Å²) in [4.78, 5) is 44.9. The number of ether oxygens (including phenoxy) is 1. The maximum atomic E-state index is 13.7. The summed E-state index contributed by atoms with van der Waals surface area (Å²) in [5.74, 6) is -0.939. The molecular weight excluding hydrogens is 540 g/mol. The molecule has 1 N–H and O–H groups in total. The molecule has 3 aromatic rings. The van der Waals surface area contributed by atoms with Crippen LogP contribution in [0.15, 0.2) is 54.9 Å². The van der Waals surface area contributed by atoms with Crippen molar-refractivity contribution in [2.75, 3.05) is 13.1 Å². The van der Waals surface area contributed by atoms with Crippen LogP contribution in [0.2, 0.25) is 0 Å². The second-order valence-corrected chi connectivity index (χ2v) is 13.2. The number of likely N-dealkylation sites (tertiary alicyclic amines) is 1. The summed E-state index contributed by atoms with van der Waals surface area (Å²) in [5, 5.41) is 4.05. The number of pyridine rings is 1. The standard InChI is InChI=1S/C27H30N4O6S2/c1-17(2)12-20(29-27(34)37-24-13-19-7-3-4-8-23(19)38-24)26(33)30-11-9-21-25(30)22(32)15-31(21)39(35,36)16-18-6-5-10-28-14-18/h3-8,10,13-14,17,20-21,25H,9,11-12,15-16H2,1-2H3,(H,29,34). The zero-order valence-electron chi connectivity index (χ0n) is 21.6. The average molecular weight is 571 g/mol. The van der Waals surface area contributed by atoms with Gasteiger partial charge in [-0.15, -0.1) is 0 Å². The minimum atomic E-state index is -3.81. The van der Waals surface area contributed by atoms with Crippen molar-refractivity contribution in [1.29, 1.82) is 0 Å². The molecule has 2 aromatic heterocycles. The van der Waals surface area contributed by atoms with Gasteiger partial charge in [0.25, 0.3) is 0 Å². The average Bonchev–Trinajstić information content (AvgIpc) is 3.58. The van der Waals surface area contributed by atoms with Gasteiger partial charge < -0.3 is 15.0 Å². The van der Waals surface area contributed by atoms with E-state index in [-0.39, 0.29) is 30.5 Å². The van der Waals surface area contributed by atoms with Crippen LogP contribution >= 0.6 is 11.3 Å². The molecule has 0 aliphatic carbocycles. The Kier molecular flexibility index (Phi) is 7.70. The number of hydrogen-bond acceptors (Lipinski definition) is 8. The van der Waals surface area contributed by atoms with Crippen LogP contribution in [0.5, 0.6) is 5.06 Å². The lowest BCUT2D eigenvalue weighted by atomic mass is 10.0. The highest BCUT2D eigenvalue weighted by Crippen LogP contribution is 2.34. The summed E-state index contributed by atoms with van der Waals surface area (Å²) in [6.07, 6.45) is 2.97. The number of thiophene rings is 1. The molecule has 2 aliphatic heterocycles. The van der Waals surface area contributed by atoms with Crippen molar-refractivity contribution in [3.05, 3.63) is 60.4 Å². The number of fused-ring (bicyclic) bond motifs is 2. The normalized spacial score (nSPS) is 20.4. The third kappa shape index (κ3) is 5.82. The van der Waals surface area contributed by atoms with Gasteiger partial charge in [-0.1, -0.05) is 49.4 Å². The van der Waals surface area contributed by atoms with E-state index < -0.39 is 40.1 Å². The largest absolute Gasteiger partial charge is 0.414 e. The first-order valence-corrected chi connectivity index (χ1v) is 15.2. The number of nitrogens with zero attached hydrogens (tertiary/aromatic N) is 3. The molecule has 0 radical (unpaired) electrons. The Morgan fingerprint density at radius 2 is 2.00 bits per heavy atom. The van der Waals surface area contributed by atoms with Gasteiger partial charge in [0.2, 0.25) is 15.9 Å². The van der Waals surface area contributed by atoms with Crippen molar-refractivity contribution in [1.82, 2.24) is 19.5 Å². The first-order valence-electron chi connectivity index (χ1n) is 12.8. The SMILES string of the molecule is CC(C)CC(NC(=O)Oc1cc2ccccc2s1)C(=O)N1CCC2C1C(=O)CN2S(=O)(=O)Cc1cccnc1. The number of nitrogens with one attached hydrogen (secondary N) is 1. The van der Waals surface area contributed by atoms with Gasteiger partial charge in [-0.3, -0.25) is 14.6 Å². The summed E-state index contributed by atoms with van der Waals surface area (Å²) >= 11 is 1.33. The fourth-order valence-electron chi connectivity index (χ4n) is 5.32. The molecule has 0 bridgehead atoms. The van der Waals surface area contributed by atoms with E-state index in [1.807, 2.05) is 38.1 Å². The molecule has 2 amide bonds. The molecule has 3 atom stereocenters.